The maximum absolute atomic E-state index is 9.70. The summed E-state index contributed by atoms with van der Waals surface area (Å²) in [6, 6.07) is 0.494. The van der Waals surface area contributed by atoms with Crippen LogP contribution in [-0.4, -0.2) is 23.3 Å². The lowest BCUT2D eigenvalue weighted by Crippen LogP contribution is -2.54. The van der Waals surface area contributed by atoms with Crippen LogP contribution < -0.4 is 5.32 Å². The molecule has 1 aliphatic carbocycles. The van der Waals surface area contributed by atoms with Crippen LogP contribution in [0.2, 0.25) is 0 Å². The van der Waals surface area contributed by atoms with Crippen LogP contribution in [0.25, 0.3) is 0 Å². The van der Waals surface area contributed by atoms with Crippen LogP contribution in [0, 0.1) is 11.3 Å². The summed E-state index contributed by atoms with van der Waals surface area (Å²) < 4.78 is 0. The smallest absolute Gasteiger partial charge is 0.0616 e. The Bertz CT molecular complexity index is 215. The van der Waals surface area contributed by atoms with E-state index in [2.05, 4.69) is 39.9 Å². The van der Waals surface area contributed by atoms with E-state index in [0.29, 0.717) is 17.4 Å². The largest absolute Gasteiger partial charge is 0.394 e. The Kier molecular flexibility index (Phi) is 3.83. The molecule has 90 valence electrons. The summed E-state index contributed by atoms with van der Waals surface area (Å²) in [5.74, 6) is 0.562. The van der Waals surface area contributed by atoms with Crippen LogP contribution >= 0.6 is 0 Å². The molecule has 0 aromatic carbocycles. The van der Waals surface area contributed by atoms with Crippen LogP contribution in [0.1, 0.15) is 53.9 Å². The summed E-state index contributed by atoms with van der Waals surface area (Å²) in [6.45, 7) is 11.5. The molecule has 0 bridgehead atoms. The van der Waals surface area contributed by atoms with Gasteiger partial charge in [0.25, 0.3) is 0 Å². The zero-order valence-electron chi connectivity index (χ0n) is 10.9. The summed E-state index contributed by atoms with van der Waals surface area (Å²) in [6.07, 6.45) is 3.41. The first-order valence-electron chi connectivity index (χ1n) is 6.24. The van der Waals surface area contributed by atoms with Gasteiger partial charge < -0.3 is 10.4 Å². The highest BCUT2D eigenvalue weighted by molar-refractivity contribution is 5.04. The number of nitrogens with one attached hydrogen (secondary N) is 1. The normalized spacial score (nSPS) is 36.8. The van der Waals surface area contributed by atoms with Gasteiger partial charge in [0.2, 0.25) is 0 Å². The van der Waals surface area contributed by atoms with Gasteiger partial charge in [-0.25, -0.2) is 0 Å². The average molecular weight is 213 g/mol. The minimum absolute atomic E-state index is 0.0427. The minimum atomic E-state index is -0.0427. The molecule has 0 amide bonds. The van der Waals surface area contributed by atoms with Crippen LogP contribution in [0.4, 0.5) is 0 Å². The quantitative estimate of drug-likeness (QED) is 0.752. The van der Waals surface area contributed by atoms with Gasteiger partial charge in [0.15, 0.2) is 0 Å². The maximum Gasteiger partial charge on any atom is 0.0616 e. The van der Waals surface area contributed by atoms with E-state index in [0.717, 1.165) is 12.8 Å². The van der Waals surface area contributed by atoms with Gasteiger partial charge >= 0.3 is 0 Å². The maximum atomic E-state index is 9.70. The zero-order valence-corrected chi connectivity index (χ0v) is 10.9. The molecule has 2 heteroatoms. The van der Waals surface area contributed by atoms with E-state index in [1.54, 1.807) is 0 Å². The number of hydrogen-bond donors (Lipinski definition) is 2. The van der Waals surface area contributed by atoms with E-state index >= 15 is 0 Å². The fourth-order valence-electron chi connectivity index (χ4n) is 3.17. The second kappa shape index (κ2) is 4.42. The average Bonchev–Trinajstić information content (AvgIpc) is 2.36. The molecule has 0 saturated heterocycles. The van der Waals surface area contributed by atoms with Crippen molar-refractivity contribution in [2.45, 2.75) is 65.5 Å². The summed E-state index contributed by atoms with van der Waals surface area (Å²) in [5, 5.41) is 13.3. The molecule has 3 atom stereocenters. The fraction of sp³-hybridized carbons (Fsp3) is 1.00. The monoisotopic (exact) mass is 213 g/mol. The Morgan fingerprint density at radius 1 is 1.47 bits per heavy atom. The Labute approximate surface area is 94.5 Å². The third-order valence-corrected chi connectivity index (χ3v) is 4.02. The third kappa shape index (κ3) is 2.73. The highest BCUT2D eigenvalue weighted by atomic mass is 16.3. The van der Waals surface area contributed by atoms with Crippen molar-refractivity contribution >= 4 is 0 Å². The Balaban J connectivity index is 2.76. The topological polar surface area (TPSA) is 32.3 Å². The molecular formula is C13H27NO. The Hall–Kier alpha value is -0.0800. The molecule has 1 rings (SSSR count). The first-order valence-corrected chi connectivity index (χ1v) is 6.24. The number of aliphatic hydroxyl groups is 1. The number of hydrogen-bond acceptors (Lipinski definition) is 2. The molecule has 15 heavy (non-hydrogen) atoms. The SMILES string of the molecule is CCC(C)NC1(CO)CC(C)(C)CC1C. The summed E-state index contributed by atoms with van der Waals surface area (Å²) in [4.78, 5) is 0. The van der Waals surface area contributed by atoms with Crippen molar-refractivity contribution < 1.29 is 5.11 Å². The second-order valence-electron chi connectivity index (χ2n) is 6.21. The second-order valence-corrected chi connectivity index (χ2v) is 6.21. The molecule has 0 aliphatic heterocycles. The molecule has 0 radical (unpaired) electrons. The highest BCUT2D eigenvalue weighted by Crippen LogP contribution is 2.47. The molecule has 1 aliphatic rings. The van der Waals surface area contributed by atoms with E-state index < -0.39 is 0 Å². The van der Waals surface area contributed by atoms with Crippen molar-refractivity contribution in [1.82, 2.24) is 5.32 Å². The van der Waals surface area contributed by atoms with Crippen molar-refractivity contribution in [3.8, 4) is 0 Å². The van der Waals surface area contributed by atoms with Gasteiger partial charge in [-0.3, -0.25) is 0 Å². The van der Waals surface area contributed by atoms with Crippen molar-refractivity contribution in [1.29, 1.82) is 0 Å². The molecule has 1 saturated carbocycles. The highest BCUT2D eigenvalue weighted by Gasteiger charge is 2.48. The Morgan fingerprint density at radius 3 is 2.40 bits per heavy atom. The molecule has 0 spiro atoms. The van der Waals surface area contributed by atoms with Crippen molar-refractivity contribution in [2.24, 2.45) is 11.3 Å². The molecule has 3 unspecified atom stereocenters. The predicted octanol–water partition coefficient (Wildman–Crippen LogP) is 2.56. The lowest BCUT2D eigenvalue weighted by molar-refractivity contribution is 0.114. The molecule has 1 fully saturated rings. The van der Waals surface area contributed by atoms with Crippen molar-refractivity contribution in [3.63, 3.8) is 0 Å². The summed E-state index contributed by atoms with van der Waals surface area (Å²) >= 11 is 0. The summed E-state index contributed by atoms with van der Waals surface area (Å²) in [7, 11) is 0. The van der Waals surface area contributed by atoms with E-state index in [9.17, 15) is 5.11 Å². The van der Waals surface area contributed by atoms with E-state index in [1.165, 1.54) is 6.42 Å². The Morgan fingerprint density at radius 2 is 2.07 bits per heavy atom. The van der Waals surface area contributed by atoms with E-state index in [1.807, 2.05) is 0 Å². The number of aliphatic hydroxyl groups excluding tert-OH is 1. The zero-order chi connectivity index (χ0) is 11.7. The molecular weight excluding hydrogens is 186 g/mol. The van der Waals surface area contributed by atoms with Crippen LogP contribution in [0.5, 0.6) is 0 Å². The summed E-state index contributed by atoms with van der Waals surface area (Å²) in [5.41, 5.74) is 0.321. The van der Waals surface area contributed by atoms with Gasteiger partial charge in [-0.1, -0.05) is 27.7 Å². The molecule has 2 N–H and O–H groups in total. The molecule has 0 aromatic heterocycles. The van der Waals surface area contributed by atoms with Crippen molar-refractivity contribution in [3.05, 3.63) is 0 Å². The van der Waals surface area contributed by atoms with Gasteiger partial charge in [-0.05, 0) is 37.5 Å². The van der Waals surface area contributed by atoms with Gasteiger partial charge in [0, 0.05) is 11.6 Å². The van der Waals surface area contributed by atoms with E-state index in [-0.39, 0.29) is 12.1 Å². The van der Waals surface area contributed by atoms with Gasteiger partial charge in [0.05, 0.1) is 6.61 Å². The van der Waals surface area contributed by atoms with Gasteiger partial charge in [0.1, 0.15) is 0 Å². The fourth-order valence-corrected chi connectivity index (χ4v) is 3.17. The lowest BCUT2D eigenvalue weighted by Gasteiger charge is -2.36. The van der Waals surface area contributed by atoms with Crippen LogP contribution in [-0.2, 0) is 0 Å². The minimum Gasteiger partial charge on any atom is -0.394 e. The van der Waals surface area contributed by atoms with Crippen molar-refractivity contribution in [2.75, 3.05) is 6.61 Å². The van der Waals surface area contributed by atoms with Gasteiger partial charge in [-0.2, -0.15) is 0 Å². The third-order valence-electron chi connectivity index (χ3n) is 4.02. The standard InChI is InChI=1S/C13H27NO/c1-6-11(3)14-13(9-15)8-12(4,5)7-10(13)2/h10-11,14-15H,6-9H2,1-5H3. The molecule has 2 nitrogen and oxygen atoms in total. The number of rotatable bonds is 4. The van der Waals surface area contributed by atoms with Crippen LogP contribution in [0.15, 0.2) is 0 Å². The van der Waals surface area contributed by atoms with Gasteiger partial charge in [-0.15, -0.1) is 0 Å². The predicted molar refractivity (Wildman–Crippen MR) is 64.9 cm³/mol. The lowest BCUT2D eigenvalue weighted by atomic mass is 9.86. The first-order chi connectivity index (χ1) is 6.85. The van der Waals surface area contributed by atoms with E-state index in [4.69, 9.17) is 0 Å². The van der Waals surface area contributed by atoms with Crippen LogP contribution in [0.3, 0.4) is 0 Å². The first kappa shape index (κ1) is 13.0. The molecule has 0 aromatic rings. The molecule has 0 heterocycles.